The average molecular weight is 469 g/mol. The van der Waals surface area contributed by atoms with Gasteiger partial charge in [-0.05, 0) is 42.1 Å². The molecule has 0 amide bonds. The lowest BCUT2D eigenvalue weighted by molar-refractivity contribution is 0.0528. The monoisotopic (exact) mass is 468 g/mol. The Morgan fingerprint density at radius 1 is 1.09 bits per heavy atom. The third-order valence-corrected chi connectivity index (χ3v) is 5.78. The van der Waals surface area contributed by atoms with Crippen molar-refractivity contribution in [1.82, 2.24) is 4.98 Å². The normalized spacial score (nSPS) is 10.5. The zero-order valence-electron chi connectivity index (χ0n) is 17.3. The zero-order chi connectivity index (χ0) is 22.5. The van der Waals surface area contributed by atoms with E-state index in [-0.39, 0.29) is 26.5 Å². The van der Waals surface area contributed by atoms with Gasteiger partial charge in [-0.15, -0.1) is 11.3 Å². The van der Waals surface area contributed by atoms with Gasteiger partial charge in [0.25, 0.3) is 0 Å². The van der Waals surface area contributed by atoms with Gasteiger partial charge in [0, 0.05) is 23.2 Å². The topological polar surface area (TPSA) is 83.7 Å². The highest BCUT2D eigenvalue weighted by atomic mass is 32.1. The number of carbonyl (C=O) groups excluding carboxylic acids is 1. The highest BCUT2D eigenvalue weighted by Gasteiger charge is 2.18. The maximum Gasteiger partial charge on any atom is 0.341 e. The molecule has 33 heavy (non-hydrogen) atoms. The SMILES string of the molecule is C.CCOC(=O)c1cnc(N)c2c(COc3cccc(OCc4ccc(F)cc4)c3)csc12. The van der Waals surface area contributed by atoms with E-state index in [0.717, 1.165) is 15.8 Å². The average Bonchev–Trinajstić information content (AvgIpc) is 3.23. The number of hydrogen-bond acceptors (Lipinski definition) is 7. The lowest BCUT2D eigenvalue weighted by Crippen LogP contribution is -2.06. The van der Waals surface area contributed by atoms with E-state index in [0.29, 0.717) is 34.9 Å². The fourth-order valence-electron chi connectivity index (χ4n) is 3.15. The van der Waals surface area contributed by atoms with Crippen molar-refractivity contribution in [2.24, 2.45) is 0 Å². The van der Waals surface area contributed by atoms with E-state index in [1.165, 1.54) is 29.7 Å². The van der Waals surface area contributed by atoms with Gasteiger partial charge in [0.2, 0.25) is 0 Å². The summed E-state index contributed by atoms with van der Waals surface area (Å²) in [4.78, 5) is 16.4. The van der Waals surface area contributed by atoms with Crippen molar-refractivity contribution in [2.45, 2.75) is 27.6 Å². The summed E-state index contributed by atoms with van der Waals surface area (Å²) in [5.74, 6) is 0.881. The summed E-state index contributed by atoms with van der Waals surface area (Å²) in [6.45, 7) is 2.61. The Balaban J connectivity index is 0.00000306. The van der Waals surface area contributed by atoms with Crippen LogP contribution < -0.4 is 15.2 Å². The summed E-state index contributed by atoms with van der Waals surface area (Å²) in [6.07, 6.45) is 1.44. The second-order valence-electron chi connectivity index (χ2n) is 6.92. The standard InChI is InChI=1S/C24H21FN2O4S.CH4/c1-2-29-24(28)20-11-27-23(26)21-16(14-32-22(20)21)13-31-19-5-3-4-18(10-19)30-12-15-6-8-17(25)9-7-15;/h3-11,14H,2,12-13H2,1H3,(H2,26,27);1H4. The smallest absolute Gasteiger partial charge is 0.341 e. The number of benzene rings is 2. The number of ether oxygens (including phenoxy) is 3. The molecule has 2 aromatic carbocycles. The van der Waals surface area contributed by atoms with Crippen LogP contribution in [0.1, 0.15) is 35.8 Å². The molecule has 4 rings (SSSR count). The van der Waals surface area contributed by atoms with Crippen LogP contribution in [0.3, 0.4) is 0 Å². The second-order valence-corrected chi connectivity index (χ2v) is 7.80. The number of halogens is 1. The van der Waals surface area contributed by atoms with Gasteiger partial charge in [-0.1, -0.05) is 25.6 Å². The number of pyridine rings is 1. The van der Waals surface area contributed by atoms with Gasteiger partial charge in [0.1, 0.15) is 36.3 Å². The minimum Gasteiger partial charge on any atom is -0.489 e. The Kier molecular flexibility index (Phi) is 7.84. The van der Waals surface area contributed by atoms with Gasteiger partial charge >= 0.3 is 5.97 Å². The van der Waals surface area contributed by atoms with Gasteiger partial charge in [-0.25, -0.2) is 14.2 Å². The fourth-order valence-corrected chi connectivity index (χ4v) is 4.22. The highest BCUT2D eigenvalue weighted by molar-refractivity contribution is 7.17. The fraction of sp³-hybridized carbons (Fsp3) is 0.200. The van der Waals surface area contributed by atoms with Crippen LogP contribution in [-0.4, -0.2) is 17.6 Å². The minimum absolute atomic E-state index is 0. The Morgan fingerprint density at radius 3 is 2.48 bits per heavy atom. The van der Waals surface area contributed by atoms with E-state index < -0.39 is 5.97 Å². The zero-order valence-corrected chi connectivity index (χ0v) is 18.2. The second kappa shape index (κ2) is 10.8. The van der Waals surface area contributed by atoms with Crippen LogP contribution in [0.5, 0.6) is 11.5 Å². The maximum atomic E-state index is 13.0. The number of rotatable bonds is 8. The van der Waals surface area contributed by atoms with Crippen LogP contribution in [0.25, 0.3) is 10.1 Å². The summed E-state index contributed by atoms with van der Waals surface area (Å²) in [5, 5.41) is 2.60. The molecule has 0 unspecified atom stereocenters. The Labute approximate surface area is 195 Å². The van der Waals surface area contributed by atoms with Crippen LogP contribution in [-0.2, 0) is 18.0 Å². The number of aromatic nitrogens is 1. The van der Waals surface area contributed by atoms with Crippen molar-refractivity contribution in [3.8, 4) is 11.5 Å². The highest BCUT2D eigenvalue weighted by Crippen LogP contribution is 2.33. The largest absolute Gasteiger partial charge is 0.489 e. The predicted molar refractivity (Wildman–Crippen MR) is 128 cm³/mol. The van der Waals surface area contributed by atoms with Crippen molar-refractivity contribution in [3.05, 3.63) is 82.6 Å². The number of hydrogen-bond donors (Lipinski definition) is 1. The number of nitrogen functional groups attached to an aromatic ring is 1. The number of thiophene rings is 1. The van der Waals surface area contributed by atoms with Crippen molar-refractivity contribution in [3.63, 3.8) is 0 Å². The third-order valence-electron chi connectivity index (χ3n) is 4.71. The summed E-state index contributed by atoms with van der Waals surface area (Å²) in [5.41, 5.74) is 8.17. The van der Waals surface area contributed by atoms with E-state index in [9.17, 15) is 9.18 Å². The van der Waals surface area contributed by atoms with Gasteiger partial charge in [-0.2, -0.15) is 0 Å². The molecule has 2 aromatic heterocycles. The van der Waals surface area contributed by atoms with Gasteiger partial charge < -0.3 is 19.9 Å². The maximum absolute atomic E-state index is 13.0. The first-order chi connectivity index (χ1) is 15.5. The number of carbonyl (C=O) groups is 1. The number of anilines is 1. The van der Waals surface area contributed by atoms with E-state index in [2.05, 4.69) is 4.98 Å². The first-order valence-electron chi connectivity index (χ1n) is 9.97. The van der Waals surface area contributed by atoms with Crippen LogP contribution in [0, 0.1) is 5.82 Å². The van der Waals surface area contributed by atoms with Crippen LogP contribution in [0.15, 0.2) is 60.1 Å². The molecule has 2 heterocycles. The molecule has 0 aliphatic rings. The summed E-state index contributed by atoms with van der Waals surface area (Å²) < 4.78 is 30.6. The Hall–Kier alpha value is -3.65. The quantitative estimate of drug-likeness (QED) is 0.320. The van der Waals surface area contributed by atoms with Gasteiger partial charge in [-0.3, -0.25) is 0 Å². The molecule has 2 N–H and O–H groups in total. The molecule has 0 atom stereocenters. The molecule has 4 aromatic rings. The third kappa shape index (κ3) is 5.59. The van der Waals surface area contributed by atoms with Crippen molar-refractivity contribution >= 4 is 33.2 Å². The van der Waals surface area contributed by atoms with E-state index in [4.69, 9.17) is 19.9 Å². The first-order valence-corrected chi connectivity index (χ1v) is 10.8. The van der Waals surface area contributed by atoms with Crippen molar-refractivity contribution in [1.29, 1.82) is 0 Å². The molecule has 172 valence electrons. The Bertz CT molecular complexity index is 1240. The molecule has 0 spiro atoms. The van der Waals surface area contributed by atoms with Crippen LogP contribution in [0.4, 0.5) is 10.2 Å². The first kappa shape index (κ1) is 24.0. The molecule has 8 heteroatoms. The number of nitrogens with two attached hydrogens (primary N) is 1. The van der Waals surface area contributed by atoms with Crippen molar-refractivity contribution < 1.29 is 23.4 Å². The molecular weight excluding hydrogens is 443 g/mol. The van der Waals surface area contributed by atoms with E-state index >= 15 is 0 Å². The van der Waals surface area contributed by atoms with E-state index in [1.807, 2.05) is 23.6 Å². The molecule has 0 fully saturated rings. The minimum atomic E-state index is -0.426. The lowest BCUT2D eigenvalue weighted by atomic mass is 10.1. The molecule has 0 bridgehead atoms. The molecule has 0 aliphatic heterocycles. The predicted octanol–water partition coefficient (Wildman–Crippen LogP) is 5.99. The van der Waals surface area contributed by atoms with Crippen LogP contribution in [0.2, 0.25) is 0 Å². The van der Waals surface area contributed by atoms with Crippen LogP contribution >= 0.6 is 11.3 Å². The van der Waals surface area contributed by atoms with Gasteiger partial charge in [0.05, 0.1) is 16.9 Å². The molecule has 0 aliphatic carbocycles. The molecule has 0 saturated carbocycles. The molecular formula is C25H25FN2O4S. The summed E-state index contributed by atoms with van der Waals surface area (Å²) in [6, 6.07) is 13.4. The number of esters is 1. The molecule has 0 saturated heterocycles. The lowest BCUT2D eigenvalue weighted by Gasteiger charge is -2.10. The summed E-state index contributed by atoms with van der Waals surface area (Å²) in [7, 11) is 0. The van der Waals surface area contributed by atoms with Crippen molar-refractivity contribution in [2.75, 3.05) is 12.3 Å². The number of nitrogens with zero attached hydrogens (tertiary/aromatic N) is 1. The molecule has 6 nitrogen and oxygen atoms in total. The summed E-state index contributed by atoms with van der Waals surface area (Å²) >= 11 is 1.40. The van der Waals surface area contributed by atoms with E-state index in [1.54, 1.807) is 25.1 Å². The number of fused-ring (bicyclic) bond motifs is 1. The Morgan fingerprint density at radius 2 is 1.79 bits per heavy atom. The van der Waals surface area contributed by atoms with Gasteiger partial charge in [0.15, 0.2) is 0 Å². The molecule has 0 radical (unpaired) electrons.